The third kappa shape index (κ3) is 8.77. The summed E-state index contributed by atoms with van der Waals surface area (Å²) in [5, 5.41) is 6.95. The lowest BCUT2D eigenvalue weighted by molar-refractivity contribution is 0.166. The summed E-state index contributed by atoms with van der Waals surface area (Å²) in [5.74, 6) is 3.04. The molecule has 0 radical (unpaired) electrons. The SMILES string of the molecule is CCCN1CCC(CNC(=NCc2ccc(C)cc2OCC2CCOC2)NCC)C1.I. The fraction of sp³-hybridized carbons (Fsp3) is 0.708. The van der Waals surface area contributed by atoms with Crippen LogP contribution in [0, 0.1) is 18.8 Å². The third-order valence-electron chi connectivity index (χ3n) is 5.94. The number of hydrogen-bond donors (Lipinski definition) is 2. The maximum atomic E-state index is 6.17. The first-order valence-corrected chi connectivity index (χ1v) is 11.7. The van der Waals surface area contributed by atoms with Gasteiger partial charge in [-0.05, 0) is 63.7 Å². The van der Waals surface area contributed by atoms with Crippen LogP contribution in [0.15, 0.2) is 23.2 Å². The number of hydrogen-bond acceptors (Lipinski definition) is 4. The Kier molecular flexibility index (Phi) is 12.0. The van der Waals surface area contributed by atoms with Gasteiger partial charge in [-0.25, -0.2) is 4.99 Å². The van der Waals surface area contributed by atoms with Crippen LogP contribution in [0.3, 0.4) is 0 Å². The zero-order chi connectivity index (χ0) is 21.2. The van der Waals surface area contributed by atoms with Crippen LogP contribution in [0.1, 0.15) is 44.2 Å². The lowest BCUT2D eigenvalue weighted by Gasteiger charge is -2.17. The molecule has 0 aromatic heterocycles. The molecule has 2 fully saturated rings. The van der Waals surface area contributed by atoms with Gasteiger partial charge in [0.05, 0.1) is 19.8 Å². The van der Waals surface area contributed by atoms with E-state index in [0.717, 1.165) is 50.0 Å². The molecule has 3 rings (SSSR count). The molecule has 7 heteroatoms. The predicted octanol–water partition coefficient (Wildman–Crippen LogP) is 3.82. The van der Waals surface area contributed by atoms with Gasteiger partial charge in [0.15, 0.2) is 5.96 Å². The van der Waals surface area contributed by atoms with E-state index in [0.29, 0.717) is 25.0 Å². The van der Waals surface area contributed by atoms with Gasteiger partial charge in [-0.1, -0.05) is 19.1 Å². The number of rotatable bonds is 10. The summed E-state index contributed by atoms with van der Waals surface area (Å²) in [7, 11) is 0. The Morgan fingerprint density at radius 3 is 2.84 bits per heavy atom. The molecule has 1 aromatic rings. The van der Waals surface area contributed by atoms with Gasteiger partial charge in [0, 0.05) is 37.7 Å². The van der Waals surface area contributed by atoms with Crippen molar-refractivity contribution >= 4 is 29.9 Å². The second-order valence-electron chi connectivity index (χ2n) is 8.68. The number of benzene rings is 1. The highest BCUT2D eigenvalue weighted by Crippen LogP contribution is 2.23. The van der Waals surface area contributed by atoms with E-state index in [9.17, 15) is 0 Å². The number of guanidine groups is 1. The fourth-order valence-electron chi connectivity index (χ4n) is 4.19. The van der Waals surface area contributed by atoms with E-state index in [1.807, 2.05) is 0 Å². The number of halogens is 1. The Hall–Kier alpha value is -1.06. The lowest BCUT2D eigenvalue weighted by Crippen LogP contribution is -2.40. The molecule has 2 aliphatic heterocycles. The second kappa shape index (κ2) is 14.2. The van der Waals surface area contributed by atoms with Crippen LogP contribution in [0.4, 0.5) is 0 Å². The largest absolute Gasteiger partial charge is 0.493 e. The van der Waals surface area contributed by atoms with Gasteiger partial charge in [0.2, 0.25) is 0 Å². The summed E-state index contributed by atoms with van der Waals surface area (Å²) in [4.78, 5) is 7.42. The van der Waals surface area contributed by atoms with Crippen molar-refractivity contribution < 1.29 is 9.47 Å². The summed E-state index contributed by atoms with van der Waals surface area (Å²) in [6.45, 7) is 14.9. The van der Waals surface area contributed by atoms with Crippen molar-refractivity contribution in [2.45, 2.75) is 46.6 Å². The van der Waals surface area contributed by atoms with E-state index in [1.54, 1.807) is 0 Å². The van der Waals surface area contributed by atoms with Crippen molar-refractivity contribution in [3.8, 4) is 5.75 Å². The molecule has 2 heterocycles. The molecule has 176 valence electrons. The van der Waals surface area contributed by atoms with E-state index >= 15 is 0 Å². The normalized spacial score (nSPS) is 21.7. The average Bonchev–Trinajstić information content (AvgIpc) is 3.42. The Bertz CT molecular complexity index is 680. The maximum absolute atomic E-state index is 6.17. The standard InChI is InChI=1S/C24H40N4O2.HI/c1-4-10-28-11-8-20(16-28)14-26-24(25-5-2)27-15-22-7-6-19(3)13-23(22)30-18-21-9-12-29-17-21;/h6-7,13,20-21H,4-5,8-12,14-18H2,1-3H3,(H2,25,26,27);1H. The maximum Gasteiger partial charge on any atom is 0.191 e. The molecular weight excluding hydrogens is 503 g/mol. The highest BCUT2D eigenvalue weighted by Gasteiger charge is 2.21. The van der Waals surface area contributed by atoms with Gasteiger partial charge >= 0.3 is 0 Å². The molecule has 0 amide bonds. The van der Waals surface area contributed by atoms with Crippen molar-refractivity contribution in [3.63, 3.8) is 0 Å². The zero-order valence-electron chi connectivity index (χ0n) is 19.5. The van der Waals surface area contributed by atoms with E-state index in [-0.39, 0.29) is 24.0 Å². The molecule has 1 aromatic carbocycles. The molecule has 2 N–H and O–H groups in total. The van der Waals surface area contributed by atoms with Crippen molar-refractivity contribution in [1.82, 2.24) is 15.5 Å². The predicted molar refractivity (Wildman–Crippen MR) is 139 cm³/mol. The third-order valence-corrected chi connectivity index (χ3v) is 5.94. The van der Waals surface area contributed by atoms with Gasteiger partial charge < -0.3 is 25.0 Å². The summed E-state index contributed by atoms with van der Waals surface area (Å²) in [5.41, 5.74) is 2.34. The van der Waals surface area contributed by atoms with Crippen LogP contribution >= 0.6 is 24.0 Å². The highest BCUT2D eigenvalue weighted by atomic mass is 127. The molecule has 0 saturated carbocycles. The first-order chi connectivity index (χ1) is 14.7. The molecule has 6 nitrogen and oxygen atoms in total. The zero-order valence-corrected chi connectivity index (χ0v) is 21.8. The molecule has 0 bridgehead atoms. The van der Waals surface area contributed by atoms with Gasteiger partial charge in [0.25, 0.3) is 0 Å². The topological polar surface area (TPSA) is 58.1 Å². The molecule has 2 saturated heterocycles. The smallest absolute Gasteiger partial charge is 0.191 e. The Morgan fingerprint density at radius 2 is 2.10 bits per heavy atom. The van der Waals surface area contributed by atoms with E-state index < -0.39 is 0 Å². The first-order valence-electron chi connectivity index (χ1n) is 11.7. The van der Waals surface area contributed by atoms with Crippen LogP contribution in [-0.4, -0.2) is 63.4 Å². The molecule has 0 spiro atoms. The van der Waals surface area contributed by atoms with Crippen LogP contribution in [0.2, 0.25) is 0 Å². The van der Waals surface area contributed by atoms with Crippen molar-refractivity contribution in [2.24, 2.45) is 16.8 Å². The highest BCUT2D eigenvalue weighted by molar-refractivity contribution is 14.0. The van der Waals surface area contributed by atoms with Crippen molar-refractivity contribution in [3.05, 3.63) is 29.3 Å². The fourth-order valence-corrected chi connectivity index (χ4v) is 4.19. The number of likely N-dealkylation sites (tertiary alicyclic amines) is 1. The number of nitrogens with zero attached hydrogens (tertiary/aromatic N) is 2. The lowest BCUT2D eigenvalue weighted by atomic mass is 10.1. The summed E-state index contributed by atoms with van der Waals surface area (Å²) in [6.07, 6.45) is 3.59. The first kappa shape index (κ1) is 26.2. The van der Waals surface area contributed by atoms with Crippen LogP contribution in [0.5, 0.6) is 5.75 Å². The van der Waals surface area contributed by atoms with Crippen LogP contribution in [-0.2, 0) is 11.3 Å². The molecule has 31 heavy (non-hydrogen) atoms. The molecular formula is C24H41IN4O2. The van der Waals surface area contributed by atoms with E-state index in [1.165, 1.54) is 38.0 Å². The van der Waals surface area contributed by atoms with Crippen LogP contribution < -0.4 is 15.4 Å². The molecule has 0 aliphatic carbocycles. The minimum Gasteiger partial charge on any atom is -0.493 e. The number of nitrogens with one attached hydrogen (secondary N) is 2. The Balaban J connectivity index is 0.00000341. The molecule has 2 unspecified atom stereocenters. The summed E-state index contributed by atoms with van der Waals surface area (Å²) in [6, 6.07) is 6.40. The monoisotopic (exact) mass is 544 g/mol. The quantitative estimate of drug-likeness (QED) is 0.267. The van der Waals surface area contributed by atoms with Crippen LogP contribution in [0.25, 0.3) is 0 Å². The Labute approximate surface area is 205 Å². The second-order valence-corrected chi connectivity index (χ2v) is 8.68. The van der Waals surface area contributed by atoms with Crippen molar-refractivity contribution in [2.75, 3.05) is 52.5 Å². The average molecular weight is 545 g/mol. The summed E-state index contributed by atoms with van der Waals surface area (Å²) < 4.78 is 11.6. The Morgan fingerprint density at radius 1 is 1.23 bits per heavy atom. The van der Waals surface area contributed by atoms with Gasteiger partial charge in [-0.15, -0.1) is 24.0 Å². The number of ether oxygens (including phenoxy) is 2. The van der Waals surface area contributed by atoms with Gasteiger partial charge in [-0.3, -0.25) is 0 Å². The molecule has 2 aliphatic rings. The number of aryl methyl sites for hydroxylation is 1. The van der Waals surface area contributed by atoms with Gasteiger partial charge in [-0.2, -0.15) is 0 Å². The molecule has 2 atom stereocenters. The summed E-state index contributed by atoms with van der Waals surface area (Å²) >= 11 is 0. The van der Waals surface area contributed by atoms with Crippen molar-refractivity contribution in [1.29, 1.82) is 0 Å². The minimum atomic E-state index is 0. The van der Waals surface area contributed by atoms with E-state index in [4.69, 9.17) is 14.5 Å². The minimum absolute atomic E-state index is 0. The van der Waals surface area contributed by atoms with E-state index in [2.05, 4.69) is 54.5 Å². The number of aliphatic imine (C=N–C) groups is 1. The van der Waals surface area contributed by atoms with Gasteiger partial charge in [0.1, 0.15) is 5.75 Å².